The second-order valence-electron chi connectivity index (χ2n) is 5.12. The lowest BCUT2D eigenvalue weighted by molar-refractivity contribution is -0.168. The van der Waals surface area contributed by atoms with Crippen molar-refractivity contribution in [1.29, 1.82) is 0 Å². The SMILES string of the molecule is CCC(C1CCCCC1)N1CC(=O)OC(=O)C1. The van der Waals surface area contributed by atoms with Gasteiger partial charge in [-0.25, -0.2) is 0 Å². The van der Waals surface area contributed by atoms with Gasteiger partial charge < -0.3 is 4.74 Å². The molecule has 1 atom stereocenters. The molecule has 1 aliphatic heterocycles. The van der Waals surface area contributed by atoms with Gasteiger partial charge in [0.15, 0.2) is 0 Å². The lowest BCUT2D eigenvalue weighted by Crippen LogP contribution is -2.50. The average molecular weight is 239 g/mol. The predicted molar refractivity (Wildman–Crippen MR) is 63.3 cm³/mol. The molecule has 1 saturated heterocycles. The largest absolute Gasteiger partial charge is 0.391 e. The van der Waals surface area contributed by atoms with E-state index in [-0.39, 0.29) is 13.1 Å². The molecular formula is C13H21NO3. The number of cyclic esters (lactones) is 2. The molecule has 4 heteroatoms. The molecule has 17 heavy (non-hydrogen) atoms. The van der Waals surface area contributed by atoms with Gasteiger partial charge in [0.1, 0.15) is 0 Å². The van der Waals surface area contributed by atoms with Gasteiger partial charge >= 0.3 is 11.9 Å². The van der Waals surface area contributed by atoms with E-state index in [0.29, 0.717) is 12.0 Å². The molecule has 0 N–H and O–H groups in total. The van der Waals surface area contributed by atoms with E-state index in [9.17, 15) is 9.59 Å². The predicted octanol–water partition coefficient (Wildman–Crippen LogP) is 1.73. The van der Waals surface area contributed by atoms with Crippen LogP contribution < -0.4 is 0 Å². The summed E-state index contributed by atoms with van der Waals surface area (Å²) in [5, 5.41) is 0. The van der Waals surface area contributed by atoms with Crippen LogP contribution in [0.1, 0.15) is 45.4 Å². The lowest BCUT2D eigenvalue weighted by atomic mass is 9.82. The van der Waals surface area contributed by atoms with Gasteiger partial charge in [-0.3, -0.25) is 14.5 Å². The first-order valence-corrected chi connectivity index (χ1v) is 6.68. The summed E-state index contributed by atoms with van der Waals surface area (Å²) in [4.78, 5) is 24.6. The van der Waals surface area contributed by atoms with Gasteiger partial charge in [-0.2, -0.15) is 0 Å². The molecule has 4 nitrogen and oxygen atoms in total. The summed E-state index contributed by atoms with van der Waals surface area (Å²) in [6.07, 6.45) is 7.37. The summed E-state index contributed by atoms with van der Waals surface area (Å²) in [6, 6.07) is 0.368. The first-order chi connectivity index (χ1) is 8.20. The molecule has 0 aromatic rings. The van der Waals surface area contributed by atoms with Crippen molar-refractivity contribution < 1.29 is 14.3 Å². The number of nitrogens with zero attached hydrogens (tertiary/aromatic N) is 1. The molecule has 0 spiro atoms. The molecule has 1 unspecified atom stereocenters. The van der Waals surface area contributed by atoms with Crippen molar-refractivity contribution in [1.82, 2.24) is 4.90 Å². The molecule has 0 aromatic heterocycles. The Morgan fingerprint density at radius 1 is 1.18 bits per heavy atom. The normalized spacial score (nSPS) is 25.7. The minimum atomic E-state index is -0.393. The number of ether oxygens (including phenoxy) is 1. The van der Waals surface area contributed by atoms with Crippen LogP contribution in [0.5, 0.6) is 0 Å². The molecule has 0 aromatic carbocycles. The Morgan fingerprint density at radius 3 is 2.29 bits per heavy atom. The van der Waals surface area contributed by atoms with E-state index in [2.05, 4.69) is 11.7 Å². The van der Waals surface area contributed by atoms with Crippen LogP contribution in [0.4, 0.5) is 0 Å². The van der Waals surface area contributed by atoms with Gasteiger partial charge in [0, 0.05) is 6.04 Å². The van der Waals surface area contributed by atoms with Gasteiger partial charge in [-0.05, 0) is 25.2 Å². The first-order valence-electron chi connectivity index (χ1n) is 6.68. The molecule has 96 valence electrons. The molecule has 2 fully saturated rings. The van der Waals surface area contributed by atoms with E-state index in [1.807, 2.05) is 4.90 Å². The van der Waals surface area contributed by atoms with E-state index in [1.54, 1.807) is 0 Å². The summed E-state index contributed by atoms with van der Waals surface area (Å²) in [7, 11) is 0. The third-order valence-corrected chi connectivity index (χ3v) is 3.97. The minimum Gasteiger partial charge on any atom is -0.391 e. The average Bonchev–Trinajstić information content (AvgIpc) is 2.30. The topological polar surface area (TPSA) is 46.6 Å². The van der Waals surface area contributed by atoms with E-state index >= 15 is 0 Å². The zero-order valence-corrected chi connectivity index (χ0v) is 10.5. The smallest absolute Gasteiger partial charge is 0.327 e. The van der Waals surface area contributed by atoms with Crippen molar-refractivity contribution in [2.24, 2.45) is 5.92 Å². The van der Waals surface area contributed by atoms with Crippen molar-refractivity contribution in [3.05, 3.63) is 0 Å². The Bertz CT molecular complexity index is 281. The molecule has 0 amide bonds. The van der Waals surface area contributed by atoms with Crippen LogP contribution in [0, 0.1) is 5.92 Å². The standard InChI is InChI=1S/C13H21NO3/c1-2-11(10-6-4-3-5-7-10)14-8-12(15)17-13(16)9-14/h10-11H,2-9H2,1H3. The zero-order valence-electron chi connectivity index (χ0n) is 10.5. The molecule has 1 saturated carbocycles. The fourth-order valence-electron chi connectivity index (χ4n) is 3.22. The Hall–Kier alpha value is -0.900. The van der Waals surface area contributed by atoms with Crippen LogP contribution in [0.2, 0.25) is 0 Å². The molecule has 1 heterocycles. The zero-order chi connectivity index (χ0) is 12.3. The number of rotatable bonds is 3. The molecule has 0 radical (unpaired) electrons. The van der Waals surface area contributed by atoms with Crippen molar-refractivity contribution in [2.75, 3.05) is 13.1 Å². The van der Waals surface area contributed by atoms with Gasteiger partial charge in [0.25, 0.3) is 0 Å². The fraction of sp³-hybridized carbons (Fsp3) is 0.846. The van der Waals surface area contributed by atoms with Gasteiger partial charge in [0.2, 0.25) is 0 Å². The highest BCUT2D eigenvalue weighted by atomic mass is 16.6. The summed E-state index contributed by atoms with van der Waals surface area (Å²) >= 11 is 0. The number of hydrogen-bond donors (Lipinski definition) is 0. The summed E-state index contributed by atoms with van der Waals surface area (Å²) in [5.41, 5.74) is 0. The first kappa shape index (κ1) is 12.6. The minimum absolute atomic E-state index is 0.279. The molecule has 0 bridgehead atoms. The summed E-state index contributed by atoms with van der Waals surface area (Å²) < 4.78 is 4.58. The Balaban J connectivity index is 2.00. The third kappa shape index (κ3) is 3.06. The highest BCUT2D eigenvalue weighted by Gasteiger charge is 2.33. The number of hydrogen-bond acceptors (Lipinski definition) is 4. The van der Waals surface area contributed by atoms with Crippen molar-refractivity contribution in [2.45, 2.75) is 51.5 Å². The monoisotopic (exact) mass is 239 g/mol. The van der Waals surface area contributed by atoms with Crippen LogP contribution in [0.3, 0.4) is 0 Å². The van der Waals surface area contributed by atoms with Crippen LogP contribution in [0.25, 0.3) is 0 Å². The molecular weight excluding hydrogens is 218 g/mol. The van der Waals surface area contributed by atoms with Crippen LogP contribution >= 0.6 is 0 Å². The van der Waals surface area contributed by atoms with E-state index in [0.717, 1.165) is 6.42 Å². The van der Waals surface area contributed by atoms with Gasteiger partial charge in [-0.1, -0.05) is 26.2 Å². The summed E-state index contributed by atoms with van der Waals surface area (Å²) in [5.74, 6) is -0.140. The maximum Gasteiger partial charge on any atom is 0.327 e. The number of morpholine rings is 1. The fourth-order valence-corrected chi connectivity index (χ4v) is 3.22. The van der Waals surface area contributed by atoms with Gasteiger partial charge in [0.05, 0.1) is 13.1 Å². The summed E-state index contributed by atoms with van der Waals surface area (Å²) in [6.45, 7) is 2.70. The van der Waals surface area contributed by atoms with E-state index < -0.39 is 11.9 Å². The Kier molecular flexibility index (Phi) is 4.15. The molecule has 2 rings (SSSR count). The van der Waals surface area contributed by atoms with Crippen LogP contribution in [0.15, 0.2) is 0 Å². The second kappa shape index (κ2) is 5.63. The Morgan fingerprint density at radius 2 is 1.76 bits per heavy atom. The highest BCUT2D eigenvalue weighted by Crippen LogP contribution is 2.31. The van der Waals surface area contributed by atoms with Crippen LogP contribution in [-0.2, 0) is 14.3 Å². The number of carbonyl (C=O) groups excluding carboxylic acids is 2. The van der Waals surface area contributed by atoms with Crippen molar-refractivity contribution in [3.63, 3.8) is 0 Å². The van der Waals surface area contributed by atoms with Gasteiger partial charge in [-0.15, -0.1) is 0 Å². The quantitative estimate of drug-likeness (QED) is 0.556. The van der Waals surface area contributed by atoms with Crippen molar-refractivity contribution in [3.8, 4) is 0 Å². The molecule has 2 aliphatic rings. The third-order valence-electron chi connectivity index (χ3n) is 3.97. The Labute approximate surface area is 102 Å². The maximum atomic E-state index is 11.3. The maximum absolute atomic E-state index is 11.3. The van der Waals surface area contributed by atoms with E-state index in [1.165, 1.54) is 32.1 Å². The number of esters is 2. The lowest BCUT2D eigenvalue weighted by Gasteiger charge is -2.38. The highest BCUT2D eigenvalue weighted by molar-refractivity contribution is 5.90. The van der Waals surface area contributed by atoms with E-state index in [4.69, 9.17) is 0 Å². The number of carbonyl (C=O) groups is 2. The second-order valence-corrected chi connectivity index (χ2v) is 5.12. The van der Waals surface area contributed by atoms with Crippen LogP contribution in [-0.4, -0.2) is 36.0 Å². The molecule has 1 aliphatic carbocycles. The van der Waals surface area contributed by atoms with Crippen molar-refractivity contribution >= 4 is 11.9 Å².